The first-order valence-corrected chi connectivity index (χ1v) is 5.68. The molecule has 2 heterocycles. The fourth-order valence-corrected chi connectivity index (χ4v) is 2.07. The number of rotatable bonds is 1. The van der Waals surface area contributed by atoms with Crippen molar-refractivity contribution in [3.8, 4) is 11.3 Å². The summed E-state index contributed by atoms with van der Waals surface area (Å²) in [4.78, 5) is 3.97. The van der Waals surface area contributed by atoms with E-state index in [1.807, 2.05) is 18.2 Å². The van der Waals surface area contributed by atoms with Crippen LogP contribution in [0, 0.1) is 6.92 Å². The van der Waals surface area contributed by atoms with Crippen LogP contribution in [0.5, 0.6) is 0 Å². The Bertz CT molecular complexity index is 688. The van der Waals surface area contributed by atoms with Gasteiger partial charge in [-0.15, -0.1) is 0 Å². The summed E-state index contributed by atoms with van der Waals surface area (Å²) in [5, 5.41) is 8.94. The standard InChI is InChI=1S/C13H10ClN3/c1-8-2-3-11-10(6-8)13(17-16-11)9-4-5-15-12(14)7-9/h2-7H,1H3,(H,16,17). The minimum absolute atomic E-state index is 0.478. The maximum atomic E-state index is 5.90. The van der Waals surface area contributed by atoms with Crippen LogP contribution in [0.3, 0.4) is 0 Å². The summed E-state index contributed by atoms with van der Waals surface area (Å²) < 4.78 is 0. The number of pyridine rings is 1. The zero-order valence-electron chi connectivity index (χ0n) is 9.24. The largest absolute Gasteiger partial charge is 0.277 e. The Labute approximate surface area is 103 Å². The molecule has 0 saturated heterocycles. The SMILES string of the molecule is Cc1ccc2[nH]nc(-c3ccnc(Cl)c3)c2c1. The number of aryl methyl sites for hydroxylation is 1. The molecule has 3 nitrogen and oxygen atoms in total. The summed E-state index contributed by atoms with van der Waals surface area (Å²) in [7, 11) is 0. The van der Waals surface area contributed by atoms with Crippen molar-refractivity contribution in [3.63, 3.8) is 0 Å². The number of H-pyrrole nitrogens is 1. The molecule has 0 atom stereocenters. The van der Waals surface area contributed by atoms with E-state index in [9.17, 15) is 0 Å². The third-order valence-electron chi connectivity index (χ3n) is 2.72. The van der Waals surface area contributed by atoms with Crippen LogP contribution in [0.25, 0.3) is 22.2 Å². The molecular weight excluding hydrogens is 234 g/mol. The average Bonchev–Trinajstić information content (AvgIpc) is 2.71. The van der Waals surface area contributed by atoms with Crippen LogP contribution in [0.15, 0.2) is 36.5 Å². The molecule has 4 heteroatoms. The Morgan fingerprint density at radius 2 is 2.06 bits per heavy atom. The van der Waals surface area contributed by atoms with Gasteiger partial charge in [0.15, 0.2) is 0 Å². The molecular formula is C13H10ClN3. The molecule has 0 aliphatic carbocycles. The van der Waals surface area contributed by atoms with Crippen molar-refractivity contribution in [1.29, 1.82) is 0 Å². The third-order valence-corrected chi connectivity index (χ3v) is 2.93. The molecule has 0 amide bonds. The molecule has 3 aromatic rings. The highest BCUT2D eigenvalue weighted by atomic mass is 35.5. The lowest BCUT2D eigenvalue weighted by atomic mass is 10.1. The minimum Gasteiger partial charge on any atom is -0.277 e. The van der Waals surface area contributed by atoms with Crippen molar-refractivity contribution in [2.24, 2.45) is 0 Å². The number of benzene rings is 1. The molecule has 0 unspecified atom stereocenters. The van der Waals surface area contributed by atoms with Gasteiger partial charge in [0.05, 0.1) is 5.52 Å². The summed E-state index contributed by atoms with van der Waals surface area (Å²) in [5.74, 6) is 0. The van der Waals surface area contributed by atoms with Gasteiger partial charge in [0.25, 0.3) is 0 Å². The maximum absolute atomic E-state index is 5.90. The van der Waals surface area contributed by atoms with E-state index in [1.54, 1.807) is 6.20 Å². The first-order chi connectivity index (χ1) is 8.24. The first-order valence-electron chi connectivity index (χ1n) is 5.31. The number of nitrogens with zero attached hydrogens (tertiary/aromatic N) is 2. The number of aromatic amines is 1. The maximum Gasteiger partial charge on any atom is 0.129 e. The minimum atomic E-state index is 0.478. The molecule has 2 aromatic heterocycles. The van der Waals surface area contributed by atoms with E-state index in [1.165, 1.54) is 5.56 Å². The zero-order valence-corrected chi connectivity index (χ0v) is 9.99. The number of nitrogens with one attached hydrogen (secondary N) is 1. The zero-order chi connectivity index (χ0) is 11.8. The lowest BCUT2D eigenvalue weighted by Crippen LogP contribution is -1.81. The summed E-state index contributed by atoms with van der Waals surface area (Å²) in [6.45, 7) is 2.07. The van der Waals surface area contributed by atoms with Crippen LogP contribution in [0.4, 0.5) is 0 Å². The lowest BCUT2D eigenvalue weighted by molar-refractivity contribution is 1.12. The van der Waals surface area contributed by atoms with Crippen LogP contribution in [-0.4, -0.2) is 15.2 Å². The molecule has 0 radical (unpaired) electrons. The monoisotopic (exact) mass is 243 g/mol. The van der Waals surface area contributed by atoms with Crippen molar-refractivity contribution >= 4 is 22.5 Å². The molecule has 3 rings (SSSR count). The second-order valence-electron chi connectivity index (χ2n) is 3.99. The van der Waals surface area contributed by atoms with Gasteiger partial charge in [0.2, 0.25) is 0 Å². The fraction of sp³-hybridized carbons (Fsp3) is 0.0769. The van der Waals surface area contributed by atoms with Crippen molar-refractivity contribution < 1.29 is 0 Å². The topological polar surface area (TPSA) is 41.6 Å². The molecule has 1 aromatic carbocycles. The van der Waals surface area contributed by atoms with Gasteiger partial charge in [-0.3, -0.25) is 5.10 Å². The summed E-state index contributed by atoms with van der Waals surface area (Å²) >= 11 is 5.90. The van der Waals surface area contributed by atoms with Gasteiger partial charge in [-0.25, -0.2) is 4.98 Å². The van der Waals surface area contributed by atoms with Gasteiger partial charge in [-0.1, -0.05) is 23.2 Å². The van der Waals surface area contributed by atoms with Gasteiger partial charge in [0.1, 0.15) is 10.8 Å². The van der Waals surface area contributed by atoms with E-state index >= 15 is 0 Å². The van der Waals surface area contributed by atoms with Gasteiger partial charge in [0, 0.05) is 17.1 Å². The number of fused-ring (bicyclic) bond motifs is 1. The van der Waals surface area contributed by atoms with Crippen LogP contribution < -0.4 is 0 Å². The first kappa shape index (κ1) is 10.3. The van der Waals surface area contributed by atoms with E-state index in [2.05, 4.69) is 34.2 Å². The van der Waals surface area contributed by atoms with Crippen LogP contribution in [0.1, 0.15) is 5.56 Å². The van der Waals surface area contributed by atoms with E-state index in [-0.39, 0.29) is 0 Å². The number of hydrogen-bond acceptors (Lipinski definition) is 2. The Kier molecular flexibility index (Phi) is 2.34. The Hall–Kier alpha value is -1.87. The van der Waals surface area contributed by atoms with Crippen LogP contribution in [-0.2, 0) is 0 Å². The van der Waals surface area contributed by atoms with Crippen molar-refractivity contribution in [1.82, 2.24) is 15.2 Å². The Morgan fingerprint density at radius 1 is 1.18 bits per heavy atom. The van der Waals surface area contributed by atoms with E-state index in [0.717, 1.165) is 22.2 Å². The summed E-state index contributed by atoms with van der Waals surface area (Å²) in [6, 6.07) is 9.93. The molecule has 0 fully saturated rings. The van der Waals surface area contributed by atoms with Crippen LogP contribution in [0.2, 0.25) is 5.15 Å². The Balaban J connectivity index is 2.27. The molecule has 0 aliphatic rings. The molecule has 0 bridgehead atoms. The predicted molar refractivity (Wildman–Crippen MR) is 69.1 cm³/mol. The molecule has 0 saturated carbocycles. The van der Waals surface area contributed by atoms with Gasteiger partial charge in [-0.05, 0) is 31.2 Å². The highest BCUT2D eigenvalue weighted by Gasteiger charge is 2.08. The highest BCUT2D eigenvalue weighted by molar-refractivity contribution is 6.29. The lowest BCUT2D eigenvalue weighted by Gasteiger charge is -1.98. The van der Waals surface area contributed by atoms with E-state index in [0.29, 0.717) is 5.15 Å². The van der Waals surface area contributed by atoms with Crippen molar-refractivity contribution in [2.75, 3.05) is 0 Å². The molecule has 17 heavy (non-hydrogen) atoms. The smallest absolute Gasteiger partial charge is 0.129 e. The number of halogens is 1. The quantitative estimate of drug-likeness (QED) is 0.664. The molecule has 0 aliphatic heterocycles. The molecule has 0 spiro atoms. The van der Waals surface area contributed by atoms with E-state index < -0.39 is 0 Å². The van der Waals surface area contributed by atoms with Crippen molar-refractivity contribution in [2.45, 2.75) is 6.92 Å². The van der Waals surface area contributed by atoms with Crippen molar-refractivity contribution in [3.05, 3.63) is 47.2 Å². The Morgan fingerprint density at radius 3 is 2.88 bits per heavy atom. The highest BCUT2D eigenvalue weighted by Crippen LogP contribution is 2.27. The number of aromatic nitrogens is 3. The second kappa shape index (κ2) is 3.86. The van der Waals surface area contributed by atoms with Gasteiger partial charge in [-0.2, -0.15) is 5.10 Å². The summed E-state index contributed by atoms with van der Waals surface area (Å²) in [5.41, 5.74) is 4.12. The third kappa shape index (κ3) is 1.78. The average molecular weight is 244 g/mol. The normalized spacial score (nSPS) is 10.9. The fourth-order valence-electron chi connectivity index (χ4n) is 1.90. The predicted octanol–water partition coefficient (Wildman–Crippen LogP) is 3.59. The summed E-state index contributed by atoms with van der Waals surface area (Å²) in [6.07, 6.45) is 1.69. The second-order valence-corrected chi connectivity index (χ2v) is 4.38. The van der Waals surface area contributed by atoms with Gasteiger partial charge < -0.3 is 0 Å². The molecule has 84 valence electrons. The van der Waals surface area contributed by atoms with E-state index in [4.69, 9.17) is 11.6 Å². The van der Waals surface area contributed by atoms with Crippen LogP contribution >= 0.6 is 11.6 Å². The van der Waals surface area contributed by atoms with Gasteiger partial charge >= 0.3 is 0 Å². The molecule has 1 N–H and O–H groups in total. The number of hydrogen-bond donors (Lipinski definition) is 1.